The molecule has 0 saturated carbocycles. The third-order valence-electron chi connectivity index (χ3n) is 3.76. The van der Waals surface area contributed by atoms with Crippen LogP contribution in [0.5, 0.6) is 0 Å². The van der Waals surface area contributed by atoms with Gasteiger partial charge in [-0.3, -0.25) is 4.79 Å². The smallest absolute Gasteiger partial charge is 0.354 e. The molecule has 0 N–H and O–H groups in total. The van der Waals surface area contributed by atoms with Gasteiger partial charge in [-0.25, -0.2) is 9.80 Å². The van der Waals surface area contributed by atoms with E-state index in [4.69, 9.17) is 4.74 Å². The fourth-order valence-electron chi connectivity index (χ4n) is 2.39. The second-order valence-electron chi connectivity index (χ2n) is 5.65. The standard InChI is InChI=1S/C19H18N2O3/c1-14-7-9-15(10-8-14)13-24-19(23)17-11-12-18(22)21(20-17)16-5-3-2-4-6-16/h2-10H,11-13H2,1H3. The van der Waals surface area contributed by atoms with Gasteiger partial charge in [-0.2, -0.15) is 5.10 Å². The predicted octanol–water partition coefficient (Wildman–Crippen LogP) is 3.22. The quantitative estimate of drug-likeness (QED) is 0.812. The minimum Gasteiger partial charge on any atom is -0.456 e. The Hall–Kier alpha value is -2.95. The number of carbonyl (C=O) groups excluding carboxylic acids is 2. The number of rotatable bonds is 4. The molecule has 0 saturated heterocycles. The Labute approximate surface area is 140 Å². The van der Waals surface area contributed by atoms with E-state index in [1.54, 1.807) is 12.1 Å². The maximum Gasteiger partial charge on any atom is 0.354 e. The molecule has 1 aliphatic rings. The Morgan fingerprint density at radius 2 is 1.79 bits per heavy atom. The fraction of sp³-hybridized carbons (Fsp3) is 0.211. The van der Waals surface area contributed by atoms with Crippen LogP contribution in [0.4, 0.5) is 5.69 Å². The molecule has 24 heavy (non-hydrogen) atoms. The van der Waals surface area contributed by atoms with Crippen LogP contribution >= 0.6 is 0 Å². The molecule has 1 aliphatic heterocycles. The van der Waals surface area contributed by atoms with E-state index >= 15 is 0 Å². The maximum absolute atomic E-state index is 12.2. The summed E-state index contributed by atoms with van der Waals surface area (Å²) in [7, 11) is 0. The SMILES string of the molecule is Cc1ccc(COC(=O)C2=NN(c3ccccc3)C(=O)CC2)cc1. The molecule has 2 aromatic rings. The number of hydrogen-bond acceptors (Lipinski definition) is 4. The molecule has 5 heteroatoms. The van der Waals surface area contributed by atoms with Gasteiger partial charge in [0.05, 0.1) is 5.69 Å². The maximum atomic E-state index is 12.2. The van der Waals surface area contributed by atoms with E-state index in [0.29, 0.717) is 12.1 Å². The van der Waals surface area contributed by atoms with Gasteiger partial charge in [0, 0.05) is 12.8 Å². The van der Waals surface area contributed by atoms with E-state index in [-0.39, 0.29) is 24.6 Å². The van der Waals surface area contributed by atoms with Gasteiger partial charge in [0.2, 0.25) is 5.91 Å². The van der Waals surface area contributed by atoms with Gasteiger partial charge >= 0.3 is 5.97 Å². The number of ether oxygens (including phenoxy) is 1. The Balaban J connectivity index is 1.69. The van der Waals surface area contributed by atoms with E-state index in [1.807, 2.05) is 49.4 Å². The van der Waals surface area contributed by atoms with Crippen LogP contribution < -0.4 is 5.01 Å². The first-order valence-corrected chi connectivity index (χ1v) is 7.81. The first kappa shape index (κ1) is 15.9. The molecule has 0 fully saturated rings. The minimum absolute atomic E-state index is 0.128. The van der Waals surface area contributed by atoms with Crippen LogP contribution in [-0.2, 0) is 20.9 Å². The molecule has 3 rings (SSSR count). The zero-order valence-corrected chi connectivity index (χ0v) is 13.4. The van der Waals surface area contributed by atoms with Crippen LogP contribution in [0.25, 0.3) is 0 Å². The van der Waals surface area contributed by atoms with Crippen LogP contribution in [-0.4, -0.2) is 17.6 Å². The zero-order valence-electron chi connectivity index (χ0n) is 13.4. The van der Waals surface area contributed by atoms with Gasteiger partial charge in [0.25, 0.3) is 0 Å². The largest absolute Gasteiger partial charge is 0.456 e. The summed E-state index contributed by atoms with van der Waals surface area (Å²) in [6.45, 7) is 2.19. The molecule has 1 heterocycles. The first-order chi connectivity index (χ1) is 11.6. The molecule has 0 aliphatic carbocycles. The highest BCUT2D eigenvalue weighted by Crippen LogP contribution is 2.20. The van der Waals surface area contributed by atoms with Crippen LogP contribution in [0.1, 0.15) is 24.0 Å². The number of carbonyl (C=O) groups is 2. The molecule has 0 unspecified atom stereocenters. The van der Waals surface area contributed by atoms with Crippen LogP contribution in [0.15, 0.2) is 59.7 Å². The fourth-order valence-corrected chi connectivity index (χ4v) is 2.39. The number of aryl methyl sites for hydroxylation is 1. The third-order valence-corrected chi connectivity index (χ3v) is 3.76. The number of para-hydroxylation sites is 1. The summed E-state index contributed by atoms with van der Waals surface area (Å²) in [5.74, 6) is -0.611. The second kappa shape index (κ2) is 7.08. The first-order valence-electron chi connectivity index (χ1n) is 7.81. The number of hydrazone groups is 1. The minimum atomic E-state index is -0.482. The van der Waals surface area contributed by atoms with Crippen molar-refractivity contribution in [1.82, 2.24) is 0 Å². The Bertz CT molecular complexity index is 767. The number of nitrogens with zero attached hydrogens (tertiary/aromatic N) is 2. The van der Waals surface area contributed by atoms with Gasteiger partial charge in [-0.05, 0) is 24.6 Å². The molecule has 0 bridgehead atoms. The molecular weight excluding hydrogens is 304 g/mol. The summed E-state index contributed by atoms with van der Waals surface area (Å²) < 4.78 is 5.32. The molecule has 2 aromatic carbocycles. The molecule has 5 nitrogen and oxygen atoms in total. The predicted molar refractivity (Wildman–Crippen MR) is 91.6 cm³/mol. The van der Waals surface area contributed by atoms with Crippen molar-refractivity contribution >= 4 is 23.3 Å². The van der Waals surface area contributed by atoms with Crippen LogP contribution in [0.2, 0.25) is 0 Å². The van der Waals surface area contributed by atoms with Crippen molar-refractivity contribution in [3.63, 3.8) is 0 Å². The number of amides is 1. The van der Waals surface area contributed by atoms with Crippen LogP contribution in [0.3, 0.4) is 0 Å². The Morgan fingerprint density at radius 3 is 2.50 bits per heavy atom. The number of esters is 1. The van der Waals surface area contributed by atoms with E-state index in [9.17, 15) is 9.59 Å². The summed E-state index contributed by atoms with van der Waals surface area (Å²) in [6, 6.07) is 16.8. The van der Waals surface area contributed by atoms with Crippen molar-refractivity contribution in [3.05, 3.63) is 65.7 Å². The van der Waals surface area contributed by atoms with Gasteiger partial charge in [-0.15, -0.1) is 0 Å². The number of benzene rings is 2. The Morgan fingerprint density at radius 1 is 1.08 bits per heavy atom. The highest BCUT2D eigenvalue weighted by molar-refractivity contribution is 6.37. The van der Waals surface area contributed by atoms with Crippen molar-refractivity contribution in [2.24, 2.45) is 5.10 Å². The second-order valence-corrected chi connectivity index (χ2v) is 5.65. The van der Waals surface area contributed by atoms with Crippen molar-refractivity contribution in [2.45, 2.75) is 26.4 Å². The average Bonchev–Trinajstić information content (AvgIpc) is 2.62. The molecule has 122 valence electrons. The van der Waals surface area contributed by atoms with Crippen molar-refractivity contribution < 1.29 is 14.3 Å². The summed E-state index contributed by atoms with van der Waals surface area (Å²) >= 11 is 0. The van der Waals surface area contributed by atoms with Crippen molar-refractivity contribution in [3.8, 4) is 0 Å². The summed E-state index contributed by atoms with van der Waals surface area (Å²) in [6.07, 6.45) is 0.544. The molecule has 1 amide bonds. The number of anilines is 1. The summed E-state index contributed by atoms with van der Waals surface area (Å²) in [4.78, 5) is 24.3. The van der Waals surface area contributed by atoms with E-state index < -0.39 is 5.97 Å². The lowest BCUT2D eigenvalue weighted by Gasteiger charge is -2.22. The van der Waals surface area contributed by atoms with Crippen molar-refractivity contribution in [1.29, 1.82) is 0 Å². The lowest BCUT2D eigenvalue weighted by Crippen LogP contribution is -2.34. The molecule has 0 atom stereocenters. The van der Waals surface area contributed by atoms with Crippen molar-refractivity contribution in [2.75, 3.05) is 5.01 Å². The zero-order chi connectivity index (χ0) is 16.9. The topological polar surface area (TPSA) is 59.0 Å². The highest BCUT2D eigenvalue weighted by Gasteiger charge is 2.26. The van der Waals surface area contributed by atoms with E-state index in [0.717, 1.165) is 11.1 Å². The lowest BCUT2D eigenvalue weighted by atomic mass is 10.1. The monoisotopic (exact) mass is 322 g/mol. The van der Waals surface area contributed by atoms with Gasteiger partial charge in [0.15, 0.2) is 0 Å². The van der Waals surface area contributed by atoms with E-state index in [2.05, 4.69) is 5.10 Å². The number of hydrogen-bond donors (Lipinski definition) is 0. The molecule has 0 aromatic heterocycles. The van der Waals surface area contributed by atoms with Gasteiger partial charge in [-0.1, -0.05) is 48.0 Å². The van der Waals surface area contributed by atoms with E-state index in [1.165, 1.54) is 5.01 Å². The van der Waals surface area contributed by atoms with Crippen LogP contribution in [0, 0.1) is 6.92 Å². The molecule has 0 spiro atoms. The average molecular weight is 322 g/mol. The summed E-state index contributed by atoms with van der Waals surface area (Å²) in [5, 5.41) is 5.46. The lowest BCUT2D eigenvalue weighted by molar-refractivity contribution is -0.137. The molecular formula is C19H18N2O3. The van der Waals surface area contributed by atoms with Gasteiger partial charge < -0.3 is 4.74 Å². The van der Waals surface area contributed by atoms with Gasteiger partial charge in [0.1, 0.15) is 12.3 Å². The normalized spacial score (nSPS) is 14.3. The third kappa shape index (κ3) is 3.68. The molecule has 0 radical (unpaired) electrons. The highest BCUT2D eigenvalue weighted by atomic mass is 16.5. The Kier molecular flexibility index (Phi) is 4.70. The summed E-state index contributed by atoms with van der Waals surface area (Å²) in [5.41, 5.74) is 2.98.